The molecule has 0 aromatic rings. The maximum Gasteiger partial charge on any atom is 0.110 e. The predicted molar refractivity (Wildman–Crippen MR) is 44.7 cm³/mol. The third-order valence-electron chi connectivity index (χ3n) is 1.60. The zero-order chi connectivity index (χ0) is 7.56. The Kier molecular flexibility index (Phi) is 3.04. The van der Waals surface area contributed by atoms with E-state index in [1.165, 1.54) is 0 Å². The molecule has 1 aliphatic rings. The summed E-state index contributed by atoms with van der Waals surface area (Å²) in [6.07, 6.45) is 1.85. The zero-order valence-corrected chi connectivity index (χ0v) is 7.67. The number of rotatable bonds is 2. The van der Waals surface area contributed by atoms with Crippen molar-refractivity contribution in [3.8, 4) is 0 Å². The van der Waals surface area contributed by atoms with Gasteiger partial charge in [0.15, 0.2) is 0 Å². The highest BCUT2D eigenvalue weighted by Gasteiger charge is 2.29. The molecule has 1 aliphatic heterocycles. The Morgan fingerprint density at radius 2 is 1.80 bits per heavy atom. The molecular formula is C6H12O2S2. The van der Waals surface area contributed by atoms with E-state index in [0.29, 0.717) is 11.5 Å². The fourth-order valence-corrected chi connectivity index (χ4v) is 5.42. The first-order chi connectivity index (χ1) is 4.75. The predicted octanol–water partition coefficient (Wildman–Crippen LogP) is 0.624. The molecule has 0 amide bonds. The SMILES string of the molecule is CCCC1[S@](=O)CC[S@@]1=O. The molecule has 0 aromatic carbocycles. The Morgan fingerprint density at radius 1 is 1.30 bits per heavy atom. The van der Waals surface area contributed by atoms with E-state index < -0.39 is 21.6 Å². The van der Waals surface area contributed by atoms with Crippen molar-refractivity contribution in [1.82, 2.24) is 0 Å². The Labute approximate surface area is 66.3 Å². The molecule has 2 nitrogen and oxygen atoms in total. The number of hydrogen-bond donors (Lipinski definition) is 0. The van der Waals surface area contributed by atoms with Gasteiger partial charge < -0.3 is 0 Å². The van der Waals surface area contributed by atoms with Gasteiger partial charge in [0.05, 0.1) is 0 Å². The van der Waals surface area contributed by atoms with Gasteiger partial charge in [0.25, 0.3) is 0 Å². The molecule has 1 fully saturated rings. The fourth-order valence-electron chi connectivity index (χ4n) is 1.05. The molecule has 1 saturated heterocycles. The molecule has 60 valence electrons. The topological polar surface area (TPSA) is 34.1 Å². The molecule has 10 heavy (non-hydrogen) atoms. The summed E-state index contributed by atoms with van der Waals surface area (Å²) in [5, 5.41) is 0. The Balaban J connectivity index is 2.54. The van der Waals surface area contributed by atoms with Gasteiger partial charge in [0, 0.05) is 33.1 Å². The van der Waals surface area contributed by atoms with Crippen LogP contribution in [0.25, 0.3) is 0 Å². The first-order valence-corrected chi connectivity index (χ1v) is 6.26. The van der Waals surface area contributed by atoms with Crippen LogP contribution in [-0.2, 0) is 21.6 Å². The van der Waals surface area contributed by atoms with E-state index in [-0.39, 0.29) is 4.58 Å². The maximum atomic E-state index is 11.1. The molecular weight excluding hydrogens is 168 g/mol. The van der Waals surface area contributed by atoms with Crippen molar-refractivity contribution >= 4 is 21.6 Å². The lowest BCUT2D eigenvalue weighted by molar-refractivity contribution is 0.669. The van der Waals surface area contributed by atoms with Crippen molar-refractivity contribution in [3.05, 3.63) is 0 Å². The average Bonchev–Trinajstić information content (AvgIpc) is 2.20. The van der Waals surface area contributed by atoms with Gasteiger partial charge in [-0.1, -0.05) is 13.3 Å². The van der Waals surface area contributed by atoms with E-state index >= 15 is 0 Å². The molecule has 1 rings (SSSR count). The lowest BCUT2D eigenvalue weighted by Gasteiger charge is -2.02. The summed E-state index contributed by atoms with van der Waals surface area (Å²) in [5.41, 5.74) is 0. The van der Waals surface area contributed by atoms with Crippen LogP contribution in [0.1, 0.15) is 19.8 Å². The van der Waals surface area contributed by atoms with Crippen LogP contribution in [0.4, 0.5) is 0 Å². The minimum atomic E-state index is -0.791. The van der Waals surface area contributed by atoms with Crippen molar-refractivity contribution in [2.45, 2.75) is 24.3 Å². The van der Waals surface area contributed by atoms with Gasteiger partial charge in [-0.15, -0.1) is 0 Å². The summed E-state index contributed by atoms with van der Waals surface area (Å²) < 4.78 is 22.2. The van der Waals surface area contributed by atoms with Crippen molar-refractivity contribution < 1.29 is 8.42 Å². The van der Waals surface area contributed by atoms with Gasteiger partial charge in [-0.3, -0.25) is 8.42 Å². The molecule has 0 spiro atoms. The minimum Gasteiger partial charge on any atom is -0.258 e. The smallest absolute Gasteiger partial charge is 0.110 e. The molecule has 0 aliphatic carbocycles. The molecule has 1 heterocycles. The Morgan fingerprint density at radius 3 is 2.20 bits per heavy atom. The third-order valence-corrected chi connectivity index (χ3v) is 6.00. The largest absolute Gasteiger partial charge is 0.258 e. The van der Waals surface area contributed by atoms with Gasteiger partial charge in [0.2, 0.25) is 0 Å². The lowest BCUT2D eigenvalue weighted by atomic mass is 10.4. The van der Waals surface area contributed by atoms with Crippen LogP contribution >= 0.6 is 0 Å². The van der Waals surface area contributed by atoms with Gasteiger partial charge in [-0.25, -0.2) is 0 Å². The fraction of sp³-hybridized carbons (Fsp3) is 1.00. The van der Waals surface area contributed by atoms with Crippen LogP contribution in [0.15, 0.2) is 0 Å². The molecule has 0 saturated carbocycles. The highest BCUT2D eigenvalue weighted by Crippen LogP contribution is 2.16. The van der Waals surface area contributed by atoms with Crippen LogP contribution in [0.3, 0.4) is 0 Å². The van der Waals surface area contributed by atoms with Gasteiger partial charge in [0.1, 0.15) is 4.58 Å². The van der Waals surface area contributed by atoms with Crippen LogP contribution in [0.2, 0.25) is 0 Å². The van der Waals surface area contributed by atoms with Crippen LogP contribution in [0.5, 0.6) is 0 Å². The lowest BCUT2D eigenvalue weighted by Crippen LogP contribution is -2.12. The highest BCUT2D eigenvalue weighted by molar-refractivity contribution is 8.06. The maximum absolute atomic E-state index is 11.1. The summed E-state index contributed by atoms with van der Waals surface area (Å²) in [6, 6.07) is 0. The van der Waals surface area contributed by atoms with Crippen LogP contribution in [-0.4, -0.2) is 24.5 Å². The van der Waals surface area contributed by atoms with E-state index in [1.807, 2.05) is 6.92 Å². The zero-order valence-electron chi connectivity index (χ0n) is 6.04. The molecule has 4 heteroatoms. The third kappa shape index (κ3) is 1.66. The molecule has 1 unspecified atom stereocenters. The van der Waals surface area contributed by atoms with Crippen molar-refractivity contribution in [1.29, 1.82) is 0 Å². The number of hydrogen-bond acceptors (Lipinski definition) is 2. The second-order valence-corrected chi connectivity index (χ2v) is 6.16. The van der Waals surface area contributed by atoms with Crippen molar-refractivity contribution in [2.24, 2.45) is 0 Å². The monoisotopic (exact) mass is 180 g/mol. The summed E-state index contributed by atoms with van der Waals surface area (Å²) in [4.78, 5) is 0. The van der Waals surface area contributed by atoms with Gasteiger partial charge in [-0.2, -0.15) is 0 Å². The summed E-state index contributed by atoms with van der Waals surface area (Å²) >= 11 is 0. The summed E-state index contributed by atoms with van der Waals surface area (Å²) in [6.45, 7) is 2.03. The second-order valence-electron chi connectivity index (χ2n) is 2.39. The minimum absolute atomic E-state index is 0.00926. The molecule has 0 bridgehead atoms. The van der Waals surface area contributed by atoms with E-state index in [2.05, 4.69) is 0 Å². The molecule has 3 atom stereocenters. The van der Waals surface area contributed by atoms with E-state index in [9.17, 15) is 8.42 Å². The van der Waals surface area contributed by atoms with E-state index in [4.69, 9.17) is 0 Å². The van der Waals surface area contributed by atoms with Crippen LogP contribution in [0, 0.1) is 0 Å². The highest BCUT2D eigenvalue weighted by atomic mass is 32.3. The standard InChI is InChI=1S/C6H12O2S2/c1-2-3-6-9(7)4-5-10(6)8/h6H,2-5H2,1H3/t6?,9-,10+. The molecule has 0 aromatic heterocycles. The average molecular weight is 180 g/mol. The van der Waals surface area contributed by atoms with E-state index in [0.717, 1.165) is 12.8 Å². The Bertz CT molecular complexity index is 151. The molecule has 0 radical (unpaired) electrons. The van der Waals surface area contributed by atoms with Crippen molar-refractivity contribution in [3.63, 3.8) is 0 Å². The van der Waals surface area contributed by atoms with Crippen LogP contribution < -0.4 is 0 Å². The quantitative estimate of drug-likeness (QED) is 0.624. The molecule has 0 N–H and O–H groups in total. The second kappa shape index (κ2) is 3.62. The van der Waals surface area contributed by atoms with Crippen molar-refractivity contribution in [2.75, 3.05) is 11.5 Å². The first-order valence-electron chi connectivity index (χ1n) is 3.50. The van der Waals surface area contributed by atoms with Gasteiger partial charge >= 0.3 is 0 Å². The first kappa shape index (κ1) is 8.40. The Hall–Kier alpha value is 0.300. The van der Waals surface area contributed by atoms with E-state index in [1.54, 1.807) is 0 Å². The summed E-state index contributed by atoms with van der Waals surface area (Å²) in [5.74, 6) is 1.30. The summed E-state index contributed by atoms with van der Waals surface area (Å²) in [7, 11) is -1.58. The van der Waals surface area contributed by atoms with Gasteiger partial charge in [-0.05, 0) is 6.42 Å². The normalized spacial score (nSPS) is 40.3.